The van der Waals surface area contributed by atoms with Crippen LogP contribution in [0.5, 0.6) is 5.75 Å². The number of imidazole rings is 1. The lowest BCUT2D eigenvalue weighted by Gasteiger charge is -2.12. The summed E-state index contributed by atoms with van der Waals surface area (Å²) >= 11 is 0. The summed E-state index contributed by atoms with van der Waals surface area (Å²) in [5.41, 5.74) is 2.41. The molecule has 3 aromatic rings. The standard InChI is InChI=1S/C18H21N5O2/c1-2-24-15-8-4-3-7-14(15)22-17-16-18(20-11-19-17)23(12-21-16)10-13-6-5-9-25-13/h3-4,7-8,11-13H,2,5-6,9-10H2,1H3,(H,19,20,22). The number of hydrogen-bond acceptors (Lipinski definition) is 6. The summed E-state index contributed by atoms with van der Waals surface area (Å²) in [6, 6.07) is 7.80. The predicted molar refractivity (Wildman–Crippen MR) is 95.2 cm³/mol. The van der Waals surface area contributed by atoms with Gasteiger partial charge in [-0.15, -0.1) is 0 Å². The van der Waals surface area contributed by atoms with Crippen LogP contribution in [0.25, 0.3) is 11.2 Å². The van der Waals surface area contributed by atoms with Crippen LogP contribution in [0, 0.1) is 0 Å². The van der Waals surface area contributed by atoms with Crippen LogP contribution in [0.15, 0.2) is 36.9 Å². The highest BCUT2D eigenvalue weighted by Gasteiger charge is 2.18. The normalized spacial score (nSPS) is 17.1. The molecule has 2 aromatic heterocycles. The molecule has 1 aliphatic rings. The van der Waals surface area contributed by atoms with Gasteiger partial charge in [0.15, 0.2) is 17.0 Å². The molecule has 1 N–H and O–H groups in total. The third kappa shape index (κ3) is 3.28. The summed E-state index contributed by atoms with van der Waals surface area (Å²) in [6.45, 7) is 4.18. The predicted octanol–water partition coefficient (Wildman–Crippen LogP) is 3.15. The maximum absolute atomic E-state index is 5.72. The Balaban J connectivity index is 1.63. The molecule has 0 saturated carbocycles. The first-order valence-electron chi connectivity index (χ1n) is 8.61. The van der Waals surface area contributed by atoms with Crippen LogP contribution in [0.1, 0.15) is 19.8 Å². The molecule has 0 bridgehead atoms. The highest BCUT2D eigenvalue weighted by molar-refractivity contribution is 5.85. The van der Waals surface area contributed by atoms with Gasteiger partial charge in [0.05, 0.1) is 31.3 Å². The first kappa shape index (κ1) is 15.8. The SMILES string of the molecule is CCOc1ccccc1Nc1ncnc2c1ncn2CC1CCCO1. The number of nitrogens with zero attached hydrogens (tertiary/aromatic N) is 4. The van der Waals surface area contributed by atoms with E-state index in [1.165, 1.54) is 0 Å². The molecule has 1 atom stereocenters. The van der Waals surface area contributed by atoms with Gasteiger partial charge in [0, 0.05) is 6.61 Å². The molecule has 1 unspecified atom stereocenters. The largest absolute Gasteiger partial charge is 0.492 e. The van der Waals surface area contributed by atoms with Gasteiger partial charge < -0.3 is 19.4 Å². The number of para-hydroxylation sites is 2. The molecule has 25 heavy (non-hydrogen) atoms. The van der Waals surface area contributed by atoms with Crippen molar-refractivity contribution in [1.29, 1.82) is 0 Å². The minimum absolute atomic E-state index is 0.238. The van der Waals surface area contributed by atoms with Crippen LogP contribution in [0.3, 0.4) is 0 Å². The summed E-state index contributed by atoms with van der Waals surface area (Å²) < 4.78 is 13.4. The number of fused-ring (bicyclic) bond motifs is 1. The first-order valence-corrected chi connectivity index (χ1v) is 8.61. The molecular weight excluding hydrogens is 318 g/mol. The number of ether oxygens (including phenoxy) is 2. The Bertz CT molecular complexity index is 858. The number of nitrogens with one attached hydrogen (secondary N) is 1. The van der Waals surface area contributed by atoms with E-state index in [9.17, 15) is 0 Å². The summed E-state index contributed by atoms with van der Waals surface area (Å²) in [4.78, 5) is 13.3. The lowest BCUT2D eigenvalue weighted by atomic mass is 10.2. The van der Waals surface area contributed by atoms with Crippen LogP contribution < -0.4 is 10.1 Å². The van der Waals surface area contributed by atoms with Crippen molar-refractivity contribution >= 4 is 22.7 Å². The van der Waals surface area contributed by atoms with E-state index in [4.69, 9.17) is 9.47 Å². The smallest absolute Gasteiger partial charge is 0.165 e. The van der Waals surface area contributed by atoms with Crippen LogP contribution in [-0.2, 0) is 11.3 Å². The molecular formula is C18H21N5O2. The van der Waals surface area contributed by atoms with Gasteiger partial charge in [0.2, 0.25) is 0 Å². The molecule has 0 spiro atoms. The van der Waals surface area contributed by atoms with Crippen molar-refractivity contribution in [3.8, 4) is 5.75 Å². The van der Waals surface area contributed by atoms with Crippen molar-refractivity contribution in [1.82, 2.24) is 19.5 Å². The Morgan fingerprint density at radius 3 is 3.04 bits per heavy atom. The molecule has 0 aliphatic carbocycles. The van der Waals surface area contributed by atoms with Gasteiger partial charge in [-0.05, 0) is 31.9 Å². The lowest BCUT2D eigenvalue weighted by Crippen LogP contribution is -2.14. The number of aromatic nitrogens is 4. The number of benzene rings is 1. The van der Waals surface area contributed by atoms with Gasteiger partial charge >= 0.3 is 0 Å². The van der Waals surface area contributed by atoms with E-state index in [1.807, 2.05) is 35.8 Å². The van der Waals surface area contributed by atoms with Gasteiger partial charge in [-0.3, -0.25) is 0 Å². The lowest BCUT2D eigenvalue weighted by molar-refractivity contribution is 0.0978. The van der Waals surface area contributed by atoms with Gasteiger partial charge in [0.1, 0.15) is 12.1 Å². The summed E-state index contributed by atoms with van der Waals surface area (Å²) in [6.07, 6.45) is 5.80. The molecule has 7 nitrogen and oxygen atoms in total. The second-order valence-electron chi connectivity index (χ2n) is 5.98. The fourth-order valence-corrected chi connectivity index (χ4v) is 3.09. The van der Waals surface area contributed by atoms with Crippen molar-refractivity contribution in [3.63, 3.8) is 0 Å². The fraction of sp³-hybridized carbons (Fsp3) is 0.389. The summed E-state index contributed by atoms with van der Waals surface area (Å²) in [5.74, 6) is 1.46. The van der Waals surface area contributed by atoms with Crippen molar-refractivity contribution < 1.29 is 9.47 Å². The fourth-order valence-electron chi connectivity index (χ4n) is 3.09. The Morgan fingerprint density at radius 1 is 1.28 bits per heavy atom. The third-order valence-corrected chi connectivity index (χ3v) is 4.27. The van der Waals surface area contributed by atoms with E-state index in [-0.39, 0.29) is 6.10 Å². The van der Waals surface area contributed by atoms with Gasteiger partial charge in [-0.2, -0.15) is 0 Å². The topological polar surface area (TPSA) is 74.1 Å². The Labute approximate surface area is 146 Å². The highest BCUT2D eigenvalue weighted by atomic mass is 16.5. The second-order valence-corrected chi connectivity index (χ2v) is 5.98. The zero-order valence-electron chi connectivity index (χ0n) is 14.2. The summed E-state index contributed by atoms with van der Waals surface area (Å²) in [7, 11) is 0. The van der Waals surface area contributed by atoms with E-state index in [0.717, 1.165) is 48.6 Å². The Kier molecular flexibility index (Phi) is 4.47. The molecule has 1 saturated heterocycles. The molecule has 7 heteroatoms. The number of rotatable bonds is 6. The van der Waals surface area contributed by atoms with Crippen molar-refractivity contribution in [2.45, 2.75) is 32.4 Å². The molecule has 1 aliphatic heterocycles. The molecule has 1 fully saturated rings. The zero-order valence-corrected chi connectivity index (χ0v) is 14.2. The maximum atomic E-state index is 5.72. The van der Waals surface area contributed by atoms with Crippen LogP contribution >= 0.6 is 0 Å². The Hall–Kier alpha value is -2.67. The molecule has 1 aromatic carbocycles. The highest BCUT2D eigenvalue weighted by Crippen LogP contribution is 2.29. The summed E-state index contributed by atoms with van der Waals surface area (Å²) in [5, 5.41) is 3.32. The Morgan fingerprint density at radius 2 is 2.20 bits per heavy atom. The number of hydrogen-bond donors (Lipinski definition) is 1. The van der Waals surface area contributed by atoms with E-state index in [2.05, 4.69) is 20.3 Å². The van der Waals surface area contributed by atoms with E-state index < -0.39 is 0 Å². The quantitative estimate of drug-likeness (QED) is 0.744. The minimum Gasteiger partial charge on any atom is -0.492 e. The van der Waals surface area contributed by atoms with Gasteiger partial charge in [0.25, 0.3) is 0 Å². The van der Waals surface area contributed by atoms with Crippen LogP contribution in [0.2, 0.25) is 0 Å². The molecule has 4 rings (SSSR count). The monoisotopic (exact) mass is 339 g/mol. The van der Waals surface area contributed by atoms with Crippen LogP contribution in [-0.4, -0.2) is 38.8 Å². The zero-order chi connectivity index (χ0) is 17.1. The average Bonchev–Trinajstić information content (AvgIpc) is 3.28. The van der Waals surface area contributed by atoms with Crippen LogP contribution in [0.4, 0.5) is 11.5 Å². The van der Waals surface area contributed by atoms with Crippen molar-refractivity contribution in [2.24, 2.45) is 0 Å². The molecule has 130 valence electrons. The second kappa shape index (κ2) is 7.06. The average molecular weight is 339 g/mol. The van der Waals surface area contributed by atoms with Gasteiger partial charge in [-0.1, -0.05) is 12.1 Å². The van der Waals surface area contributed by atoms with E-state index in [0.29, 0.717) is 12.4 Å². The van der Waals surface area contributed by atoms with E-state index >= 15 is 0 Å². The molecule has 0 radical (unpaired) electrons. The maximum Gasteiger partial charge on any atom is 0.165 e. The third-order valence-electron chi connectivity index (χ3n) is 4.27. The van der Waals surface area contributed by atoms with Crippen molar-refractivity contribution in [2.75, 3.05) is 18.5 Å². The van der Waals surface area contributed by atoms with Crippen molar-refractivity contribution in [3.05, 3.63) is 36.9 Å². The number of anilines is 2. The molecule has 3 heterocycles. The van der Waals surface area contributed by atoms with Gasteiger partial charge in [-0.25, -0.2) is 15.0 Å². The van der Waals surface area contributed by atoms with E-state index in [1.54, 1.807) is 12.7 Å². The molecule has 0 amide bonds. The first-order chi connectivity index (χ1) is 12.3. The minimum atomic E-state index is 0.238.